The van der Waals surface area contributed by atoms with Crippen molar-refractivity contribution in [3.05, 3.63) is 45.1 Å². The summed E-state index contributed by atoms with van der Waals surface area (Å²) in [6, 6.07) is 4.60. The van der Waals surface area contributed by atoms with Crippen molar-refractivity contribution in [2.75, 3.05) is 46.8 Å². The molecule has 184 valence electrons. The van der Waals surface area contributed by atoms with Gasteiger partial charge in [-0.25, -0.2) is 4.79 Å². The molecule has 1 fully saturated rings. The number of piperidine rings is 1. The standard InChI is InChI=1S/C24H31Cl2N5O3/c1-4-31-19-14-30(12-9-20(32)29-10-7-16(8-11-29)28(2)3)23(33)21(19)22(27-24(31)34)17-6-5-15(25)13-18(17)26/h5-6,13,16,22H,4,7-12,14H2,1-3H3,(H,27,34)/t22-/m1/s1. The Balaban J connectivity index is 1.47. The molecule has 34 heavy (non-hydrogen) atoms. The summed E-state index contributed by atoms with van der Waals surface area (Å²) in [5.41, 5.74) is 1.80. The van der Waals surface area contributed by atoms with Crippen LogP contribution in [0.2, 0.25) is 10.0 Å². The lowest BCUT2D eigenvalue weighted by atomic mass is 9.95. The van der Waals surface area contributed by atoms with E-state index in [0.717, 1.165) is 25.9 Å². The monoisotopic (exact) mass is 507 g/mol. The average Bonchev–Trinajstić information content (AvgIpc) is 3.13. The zero-order valence-electron chi connectivity index (χ0n) is 19.8. The molecule has 0 radical (unpaired) electrons. The number of likely N-dealkylation sites (tertiary alicyclic amines) is 1. The van der Waals surface area contributed by atoms with Gasteiger partial charge in [0.25, 0.3) is 5.91 Å². The molecule has 3 aliphatic heterocycles. The topological polar surface area (TPSA) is 76.2 Å². The maximum Gasteiger partial charge on any atom is 0.322 e. The molecule has 0 saturated carbocycles. The molecular weight excluding hydrogens is 477 g/mol. The van der Waals surface area contributed by atoms with Crippen LogP contribution in [0, 0.1) is 0 Å². The van der Waals surface area contributed by atoms with Crippen molar-refractivity contribution in [2.45, 2.75) is 38.3 Å². The first-order valence-electron chi connectivity index (χ1n) is 11.7. The lowest BCUT2D eigenvalue weighted by Gasteiger charge is -2.35. The molecule has 10 heteroatoms. The van der Waals surface area contributed by atoms with Crippen LogP contribution in [-0.4, -0.2) is 90.3 Å². The second kappa shape index (κ2) is 10.1. The normalized spacial score (nSPS) is 21.5. The first-order valence-corrected chi connectivity index (χ1v) is 12.5. The molecule has 3 heterocycles. The molecule has 0 bridgehead atoms. The average molecular weight is 508 g/mol. The van der Waals surface area contributed by atoms with Crippen molar-refractivity contribution >= 4 is 41.0 Å². The van der Waals surface area contributed by atoms with Crippen molar-refractivity contribution < 1.29 is 14.4 Å². The first kappa shape index (κ1) is 24.8. The summed E-state index contributed by atoms with van der Waals surface area (Å²) >= 11 is 12.5. The molecule has 0 aromatic heterocycles. The van der Waals surface area contributed by atoms with E-state index in [-0.39, 0.29) is 24.3 Å². The van der Waals surface area contributed by atoms with Crippen LogP contribution in [0.15, 0.2) is 29.5 Å². The number of amides is 4. The van der Waals surface area contributed by atoms with Crippen LogP contribution < -0.4 is 5.32 Å². The van der Waals surface area contributed by atoms with E-state index in [0.29, 0.717) is 52.6 Å². The Labute approximate surface area is 210 Å². The number of rotatable bonds is 6. The molecule has 0 unspecified atom stereocenters. The number of halogens is 2. The van der Waals surface area contributed by atoms with Gasteiger partial charge in [0.05, 0.1) is 23.9 Å². The van der Waals surface area contributed by atoms with Gasteiger partial charge in [-0.05, 0) is 51.6 Å². The lowest BCUT2D eigenvalue weighted by molar-refractivity contribution is -0.133. The third-order valence-electron chi connectivity index (χ3n) is 7.03. The Morgan fingerprint density at radius 3 is 2.50 bits per heavy atom. The van der Waals surface area contributed by atoms with Crippen LogP contribution in [-0.2, 0) is 9.59 Å². The van der Waals surface area contributed by atoms with E-state index in [9.17, 15) is 14.4 Å². The Hall–Kier alpha value is -2.29. The summed E-state index contributed by atoms with van der Waals surface area (Å²) in [6.45, 7) is 4.39. The summed E-state index contributed by atoms with van der Waals surface area (Å²) < 4.78 is 0. The zero-order chi connectivity index (χ0) is 24.6. The fourth-order valence-corrected chi connectivity index (χ4v) is 5.57. The quantitative estimate of drug-likeness (QED) is 0.641. The molecule has 3 aliphatic rings. The minimum Gasteiger partial charge on any atom is -0.343 e. The number of urea groups is 1. The van der Waals surface area contributed by atoms with E-state index in [1.54, 1.807) is 28.0 Å². The van der Waals surface area contributed by atoms with E-state index in [2.05, 4.69) is 24.3 Å². The van der Waals surface area contributed by atoms with Gasteiger partial charge in [-0.3, -0.25) is 14.5 Å². The number of hydrogen-bond acceptors (Lipinski definition) is 4. The van der Waals surface area contributed by atoms with Gasteiger partial charge in [0.2, 0.25) is 5.91 Å². The van der Waals surface area contributed by atoms with Crippen LogP contribution in [0.5, 0.6) is 0 Å². The molecule has 1 aromatic rings. The van der Waals surface area contributed by atoms with E-state index in [1.807, 2.05) is 11.8 Å². The van der Waals surface area contributed by atoms with Gasteiger partial charge in [0, 0.05) is 48.7 Å². The highest BCUT2D eigenvalue weighted by atomic mass is 35.5. The molecule has 1 aromatic carbocycles. The summed E-state index contributed by atoms with van der Waals surface area (Å²) in [4.78, 5) is 46.5. The maximum atomic E-state index is 13.5. The molecule has 1 saturated heterocycles. The summed E-state index contributed by atoms with van der Waals surface area (Å²) in [5, 5.41) is 3.79. The fraction of sp³-hybridized carbons (Fsp3) is 0.542. The lowest BCUT2D eigenvalue weighted by Crippen LogP contribution is -2.47. The highest BCUT2D eigenvalue weighted by Crippen LogP contribution is 2.39. The Kier molecular flexibility index (Phi) is 7.40. The number of hydrogen-bond donors (Lipinski definition) is 1. The Bertz CT molecular complexity index is 1020. The van der Waals surface area contributed by atoms with Gasteiger partial charge in [0.15, 0.2) is 0 Å². The summed E-state index contributed by atoms with van der Waals surface area (Å²) in [5.74, 6) is -0.114. The van der Waals surface area contributed by atoms with Crippen molar-refractivity contribution in [3.8, 4) is 0 Å². The second-order valence-corrected chi connectivity index (χ2v) is 10.0. The second-order valence-electron chi connectivity index (χ2n) is 9.21. The maximum absolute atomic E-state index is 13.5. The number of nitrogens with zero attached hydrogens (tertiary/aromatic N) is 4. The molecule has 4 amide bonds. The van der Waals surface area contributed by atoms with Crippen molar-refractivity contribution in [1.82, 2.24) is 24.9 Å². The molecule has 0 spiro atoms. The van der Waals surface area contributed by atoms with Crippen LogP contribution >= 0.6 is 23.2 Å². The first-order chi connectivity index (χ1) is 16.2. The van der Waals surface area contributed by atoms with E-state index in [4.69, 9.17) is 23.2 Å². The van der Waals surface area contributed by atoms with Crippen molar-refractivity contribution in [2.24, 2.45) is 0 Å². The highest BCUT2D eigenvalue weighted by molar-refractivity contribution is 6.35. The van der Waals surface area contributed by atoms with E-state index in [1.165, 1.54) is 0 Å². The Morgan fingerprint density at radius 2 is 1.88 bits per heavy atom. The molecule has 8 nitrogen and oxygen atoms in total. The van der Waals surface area contributed by atoms with Crippen LogP contribution in [0.1, 0.15) is 37.8 Å². The van der Waals surface area contributed by atoms with E-state index >= 15 is 0 Å². The molecule has 1 N–H and O–H groups in total. The van der Waals surface area contributed by atoms with Crippen molar-refractivity contribution in [3.63, 3.8) is 0 Å². The number of carbonyl (C=O) groups is 3. The zero-order valence-corrected chi connectivity index (χ0v) is 21.3. The fourth-order valence-electron chi connectivity index (χ4n) is 5.05. The highest BCUT2D eigenvalue weighted by Gasteiger charge is 2.44. The minimum atomic E-state index is -0.659. The molecule has 1 atom stereocenters. The summed E-state index contributed by atoms with van der Waals surface area (Å²) in [6.07, 6.45) is 2.18. The number of nitrogens with one attached hydrogen (secondary N) is 1. The summed E-state index contributed by atoms with van der Waals surface area (Å²) in [7, 11) is 4.14. The molecule has 4 rings (SSSR count). The number of likely N-dealkylation sites (N-methyl/N-ethyl adjacent to an activating group) is 1. The largest absolute Gasteiger partial charge is 0.343 e. The minimum absolute atomic E-state index is 0.0636. The Morgan fingerprint density at radius 1 is 1.18 bits per heavy atom. The van der Waals surface area contributed by atoms with Crippen LogP contribution in [0.4, 0.5) is 4.79 Å². The van der Waals surface area contributed by atoms with Crippen LogP contribution in [0.3, 0.4) is 0 Å². The predicted molar refractivity (Wildman–Crippen MR) is 132 cm³/mol. The van der Waals surface area contributed by atoms with Gasteiger partial charge in [-0.2, -0.15) is 0 Å². The smallest absolute Gasteiger partial charge is 0.322 e. The third kappa shape index (κ3) is 4.76. The predicted octanol–water partition coefficient (Wildman–Crippen LogP) is 3.12. The number of benzene rings is 1. The van der Waals surface area contributed by atoms with Gasteiger partial charge in [0.1, 0.15) is 0 Å². The van der Waals surface area contributed by atoms with Crippen LogP contribution in [0.25, 0.3) is 0 Å². The molecule has 0 aliphatic carbocycles. The van der Waals surface area contributed by atoms with Gasteiger partial charge >= 0.3 is 6.03 Å². The van der Waals surface area contributed by atoms with Gasteiger partial charge in [-0.15, -0.1) is 0 Å². The van der Waals surface area contributed by atoms with E-state index < -0.39 is 6.04 Å². The van der Waals surface area contributed by atoms with Crippen molar-refractivity contribution in [1.29, 1.82) is 0 Å². The molecular formula is C24H31Cl2N5O3. The van der Waals surface area contributed by atoms with Gasteiger partial charge in [-0.1, -0.05) is 29.3 Å². The third-order valence-corrected chi connectivity index (χ3v) is 7.59. The van der Waals surface area contributed by atoms with Gasteiger partial charge < -0.3 is 20.0 Å². The number of carbonyl (C=O) groups excluding carboxylic acids is 3. The SMILES string of the molecule is CCN1C(=O)N[C@H](c2ccc(Cl)cc2Cl)C2=C1CN(CCC(=O)N1CCC(N(C)C)CC1)C2=O.